The van der Waals surface area contributed by atoms with Gasteiger partial charge in [0.2, 0.25) is 5.91 Å². The molecule has 0 bridgehead atoms. The first kappa shape index (κ1) is 14.9. The van der Waals surface area contributed by atoms with E-state index in [1.54, 1.807) is 0 Å². The van der Waals surface area contributed by atoms with Gasteiger partial charge in [-0.15, -0.1) is 11.8 Å². The number of aromatic nitrogens is 1. The minimum Gasteiger partial charge on any atom is -0.301 e. The van der Waals surface area contributed by atoms with Crippen LogP contribution in [0.15, 0.2) is 47.4 Å². The maximum Gasteiger partial charge on any atom is 0.236 e. The standard InChI is InChI=1S/C15H10F2N2OS2/c16-9-6-11(17)14-12(7-9)22-15(19-14)18-13(20)8-21-10-4-2-1-3-5-10/h1-7H,8H2,(H,18,19,20). The van der Waals surface area contributed by atoms with Crippen molar-refractivity contribution in [2.24, 2.45) is 0 Å². The second-order valence-electron chi connectivity index (χ2n) is 4.40. The number of fused-ring (bicyclic) bond motifs is 1. The summed E-state index contributed by atoms with van der Waals surface area (Å²) in [7, 11) is 0. The van der Waals surface area contributed by atoms with Crippen molar-refractivity contribution in [1.29, 1.82) is 0 Å². The zero-order valence-electron chi connectivity index (χ0n) is 11.2. The van der Waals surface area contributed by atoms with Crippen molar-refractivity contribution in [3.63, 3.8) is 0 Å². The average molecular weight is 336 g/mol. The molecule has 0 aliphatic heterocycles. The monoisotopic (exact) mass is 336 g/mol. The number of hydrogen-bond acceptors (Lipinski definition) is 4. The van der Waals surface area contributed by atoms with Crippen LogP contribution < -0.4 is 5.32 Å². The Kier molecular flexibility index (Phi) is 4.35. The number of thioether (sulfide) groups is 1. The molecule has 2 aromatic carbocycles. The van der Waals surface area contributed by atoms with Crippen molar-refractivity contribution in [1.82, 2.24) is 4.98 Å². The van der Waals surface area contributed by atoms with Gasteiger partial charge in [-0.05, 0) is 18.2 Å². The number of hydrogen-bond donors (Lipinski definition) is 1. The van der Waals surface area contributed by atoms with Gasteiger partial charge in [0.15, 0.2) is 10.9 Å². The Bertz CT molecular complexity index is 821. The van der Waals surface area contributed by atoms with Gasteiger partial charge in [-0.2, -0.15) is 0 Å². The number of nitrogens with one attached hydrogen (secondary N) is 1. The van der Waals surface area contributed by atoms with Crippen molar-refractivity contribution in [2.75, 3.05) is 11.1 Å². The maximum absolute atomic E-state index is 13.6. The fourth-order valence-electron chi connectivity index (χ4n) is 1.83. The van der Waals surface area contributed by atoms with Gasteiger partial charge in [0, 0.05) is 11.0 Å². The van der Waals surface area contributed by atoms with E-state index < -0.39 is 11.6 Å². The van der Waals surface area contributed by atoms with Crippen LogP contribution in [-0.4, -0.2) is 16.6 Å². The fraction of sp³-hybridized carbons (Fsp3) is 0.0667. The van der Waals surface area contributed by atoms with E-state index in [0.717, 1.165) is 22.3 Å². The molecule has 0 saturated carbocycles. The summed E-state index contributed by atoms with van der Waals surface area (Å²) in [6.07, 6.45) is 0. The van der Waals surface area contributed by atoms with Crippen molar-refractivity contribution in [3.8, 4) is 0 Å². The highest BCUT2D eigenvalue weighted by molar-refractivity contribution is 8.00. The number of amides is 1. The summed E-state index contributed by atoms with van der Waals surface area (Å²) in [6, 6.07) is 11.5. The summed E-state index contributed by atoms with van der Waals surface area (Å²) in [5, 5.41) is 2.87. The third-order valence-corrected chi connectivity index (χ3v) is 4.70. The van der Waals surface area contributed by atoms with E-state index in [2.05, 4.69) is 10.3 Å². The first-order valence-corrected chi connectivity index (χ1v) is 8.15. The molecule has 0 saturated heterocycles. The molecule has 1 amide bonds. The topological polar surface area (TPSA) is 42.0 Å². The lowest BCUT2D eigenvalue weighted by Crippen LogP contribution is -2.13. The summed E-state index contributed by atoms with van der Waals surface area (Å²) in [4.78, 5) is 16.8. The molecule has 0 aliphatic rings. The van der Waals surface area contributed by atoms with Crippen LogP contribution in [0.4, 0.5) is 13.9 Å². The molecule has 22 heavy (non-hydrogen) atoms. The summed E-state index contributed by atoms with van der Waals surface area (Å²) in [6.45, 7) is 0. The molecule has 3 rings (SSSR count). The zero-order chi connectivity index (χ0) is 15.5. The van der Waals surface area contributed by atoms with Gasteiger partial charge in [-0.1, -0.05) is 29.5 Å². The van der Waals surface area contributed by atoms with E-state index >= 15 is 0 Å². The van der Waals surface area contributed by atoms with Crippen LogP contribution in [-0.2, 0) is 4.79 Å². The number of thiazole rings is 1. The lowest BCUT2D eigenvalue weighted by Gasteiger charge is -2.01. The number of nitrogens with zero attached hydrogens (tertiary/aromatic N) is 1. The minimum atomic E-state index is -0.731. The van der Waals surface area contributed by atoms with E-state index in [0.29, 0.717) is 4.70 Å². The zero-order valence-corrected chi connectivity index (χ0v) is 12.8. The second kappa shape index (κ2) is 6.41. The van der Waals surface area contributed by atoms with Crippen LogP contribution in [0.5, 0.6) is 0 Å². The largest absolute Gasteiger partial charge is 0.301 e. The van der Waals surface area contributed by atoms with Gasteiger partial charge in [0.25, 0.3) is 0 Å². The molecule has 1 aromatic heterocycles. The van der Waals surface area contributed by atoms with E-state index in [1.165, 1.54) is 17.8 Å². The van der Waals surface area contributed by atoms with Gasteiger partial charge in [-0.25, -0.2) is 13.8 Å². The van der Waals surface area contributed by atoms with Gasteiger partial charge in [-0.3, -0.25) is 4.79 Å². The Hall–Kier alpha value is -1.99. The number of benzene rings is 2. The highest BCUT2D eigenvalue weighted by Gasteiger charge is 2.12. The molecular weight excluding hydrogens is 326 g/mol. The normalized spacial score (nSPS) is 10.8. The molecule has 0 fully saturated rings. The molecule has 112 valence electrons. The van der Waals surface area contributed by atoms with Crippen LogP contribution in [0.2, 0.25) is 0 Å². The van der Waals surface area contributed by atoms with E-state index in [-0.39, 0.29) is 22.3 Å². The van der Waals surface area contributed by atoms with Crippen molar-refractivity contribution in [2.45, 2.75) is 4.90 Å². The summed E-state index contributed by atoms with van der Waals surface area (Å²) >= 11 is 2.43. The Morgan fingerprint density at radius 1 is 1.23 bits per heavy atom. The van der Waals surface area contributed by atoms with E-state index in [1.807, 2.05) is 30.3 Å². The SMILES string of the molecule is O=C(CSc1ccccc1)Nc1nc2c(F)cc(F)cc2s1. The van der Waals surface area contributed by atoms with Crippen LogP contribution in [0.25, 0.3) is 10.2 Å². The molecule has 1 N–H and O–H groups in total. The summed E-state index contributed by atoms with van der Waals surface area (Å²) < 4.78 is 27.0. The van der Waals surface area contributed by atoms with Crippen molar-refractivity contribution < 1.29 is 13.6 Å². The van der Waals surface area contributed by atoms with Gasteiger partial charge < -0.3 is 5.32 Å². The van der Waals surface area contributed by atoms with Crippen LogP contribution >= 0.6 is 23.1 Å². The number of rotatable bonds is 4. The van der Waals surface area contributed by atoms with Crippen LogP contribution in [0.1, 0.15) is 0 Å². The Labute approximate surface area is 133 Å². The summed E-state index contributed by atoms with van der Waals surface area (Å²) in [5.74, 6) is -1.41. The number of carbonyl (C=O) groups excluding carboxylic acids is 1. The van der Waals surface area contributed by atoms with Gasteiger partial charge in [0.1, 0.15) is 11.3 Å². The number of carbonyl (C=O) groups is 1. The van der Waals surface area contributed by atoms with Crippen molar-refractivity contribution in [3.05, 3.63) is 54.1 Å². The van der Waals surface area contributed by atoms with Gasteiger partial charge in [0.05, 0.1) is 10.5 Å². The Balaban J connectivity index is 1.68. The predicted octanol–water partition coefficient (Wildman–Crippen LogP) is 4.31. The molecule has 0 unspecified atom stereocenters. The predicted molar refractivity (Wildman–Crippen MR) is 85.3 cm³/mol. The van der Waals surface area contributed by atoms with Crippen LogP contribution in [0, 0.1) is 11.6 Å². The molecule has 0 radical (unpaired) electrons. The Morgan fingerprint density at radius 3 is 2.77 bits per heavy atom. The highest BCUT2D eigenvalue weighted by atomic mass is 32.2. The smallest absolute Gasteiger partial charge is 0.236 e. The lowest BCUT2D eigenvalue weighted by atomic mass is 10.3. The van der Waals surface area contributed by atoms with E-state index in [4.69, 9.17) is 0 Å². The molecule has 7 heteroatoms. The first-order valence-electron chi connectivity index (χ1n) is 6.35. The molecule has 3 aromatic rings. The molecule has 0 atom stereocenters. The fourth-order valence-corrected chi connectivity index (χ4v) is 3.47. The molecule has 1 heterocycles. The molecular formula is C15H10F2N2OS2. The average Bonchev–Trinajstić information content (AvgIpc) is 2.89. The maximum atomic E-state index is 13.6. The highest BCUT2D eigenvalue weighted by Crippen LogP contribution is 2.29. The molecule has 0 spiro atoms. The Morgan fingerprint density at radius 2 is 2.00 bits per heavy atom. The minimum absolute atomic E-state index is 0.0670. The van der Waals surface area contributed by atoms with E-state index in [9.17, 15) is 13.6 Å². The number of halogens is 2. The third-order valence-electron chi connectivity index (χ3n) is 2.77. The third kappa shape index (κ3) is 3.42. The first-order chi connectivity index (χ1) is 10.6. The van der Waals surface area contributed by atoms with Gasteiger partial charge >= 0.3 is 0 Å². The lowest BCUT2D eigenvalue weighted by molar-refractivity contribution is -0.113. The number of anilines is 1. The molecule has 3 nitrogen and oxygen atoms in total. The van der Waals surface area contributed by atoms with Crippen molar-refractivity contribution >= 4 is 44.4 Å². The van der Waals surface area contributed by atoms with Crippen LogP contribution in [0.3, 0.4) is 0 Å². The second-order valence-corrected chi connectivity index (χ2v) is 6.48. The summed E-state index contributed by atoms with van der Waals surface area (Å²) in [5.41, 5.74) is 0.0670. The quantitative estimate of drug-likeness (QED) is 0.722. The molecule has 0 aliphatic carbocycles.